The number of rotatable bonds is 5. The second kappa shape index (κ2) is 6.91. The van der Waals surface area contributed by atoms with Crippen LogP contribution in [0.1, 0.15) is 32.8 Å². The first-order valence-electron chi connectivity index (χ1n) is 7.35. The Morgan fingerprint density at radius 3 is 2.86 bits per heavy atom. The fourth-order valence-electron chi connectivity index (χ4n) is 2.22. The molecule has 0 aromatic heterocycles. The number of urea groups is 1. The molecule has 2 N–H and O–H groups in total. The first-order valence-corrected chi connectivity index (χ1v) is 7.35. The minimum Gasteiger partial charge on any atom is -0.379 e. The van der Waals surface area contributed by atoms with E-state index >= 15 is 0 Å². The van der Waals surface area contributed by atoms with Crippen LogP contribution >= 0.6 is 0 Å². The van der Waals surface area contributed by atoms with Crippen LogP contribution in [0.4, 0.5) is 10.5 Å². The van der Waals surface area contributed by atoms with Crippen molar-refractivity contribution in [2.24, 2.45) is 0 Å². The van der Waals surface area contributed by atoms with E-state index in [2.05, 4.69) is 10.6 Å². The highest BCUT2D eigenvalue weighted by molar-refractivity contribution is 5.90. The largest absolute Gasteiger partial charge is 0.379 e. The first-order chi connectivity index (χ1) is 9.98. The van der Waals surface area contributed by atoms with Crippen LogP contribution in [0.3, 0.4) is 0 Å². The van der Waals surface area contributed by atoms with Crippen molar-refractivity contribution in [1.82, 2.24) is 5.32 Å². The van der Waals surface area contributed by atoms with Gasteiger partial charge in [-0.2, -0.15) is 0 Å². The van der Waals surface area contributed by atoms with Crippen LogP contribution in [-0.2, 0) is 16.1 Å². The van der Waals surface area contributed by atoms with E-state index in [1.54, 1.807) is 0 Å². The van der Waals surface area contributed by atoms with Gasteiger partial charge in [-0.15, -0.1) is 0 Å². The minimum absolute atomic E-state index is 0.154. The van der Waals surface area contributed by atoms with Gasteiger partial charge in [0.2, 0.25) is 0 Å². The molecule has 1 aliphatic rings. The smallest absolute Gasteiger partial charge is 0.319 e. The molecule has 0 radical (unpaired) electrons. The number of hydrogen-bond donors (Lipinski definition) is 2. The molecule has 2 rings (SSSR count). The van der Waals surface area contributed by atoms with Gasteiger partial charge in [0.25, 0.3) is 0 Å². The quantitative estimate of drug-likeness (QED) is 0.877. The second-order valence-corrected chi connectivity index (χ2v) is 5.96. The van der Waals surface area contributed by atoms with Crippen LogP contribution in [0, 0.1) is 0 Å². The third kappa shape index (κ3) is 4.72. The molecule has 2 amide bonds. The van der Waals surface area contributed by atoms with Gasteiger partial charge in [-0.1, -0.05) is 18.2 Å². The normalized spacial score (nSPS) is 21.5. The Labute approximate surface area is 126 Å². The molecule has 1 saturated heterocycles. The van der Waals surface area contributed by atoms with Gasteiger partial charge in [0.05, 0.1) is 24.9 Å². The summed E-state index contributed by atoms with van der Waals surface area (Å²) in [4.78, 5) is 12.1. The van der Waals surface area contributed by atoms with E-state index in [0.29, 0.717) is 19.8 Å². The van der Waals surface area contributed by atoms with Crippen LogP contribution in [0.5, 0.6) is 0 Å². The highest BCUT2D eigenvalue weighted by Crippen LogP contribution is 2.19. The number of carbonyl (C=O) groups is 1. The van der Waals surface area contributed by atoms with Gasteiger partial charge >= 0.3 is 6.03 Å². The zero-order valence-electron chi connectivity index (χ0n) is 12.9. The standard InChI is InChI=1S/C16H24N2O3/c1-12(2)21-10-13-6-4-5-7-14(13)17-15(19)18-16(3)8-9-20-11-16/h4-7,12H,8-11H2,1-3H3,(H2,17,18,19). The topological polar surface area (TPSA) is 59.6 Å². The van der Waals surface area contributed by atoms with E-state index in [9.17, 15) is 4.79 Å². The molecule has 1 atom stereocenters. The molecule has 1 unspecified atom stereocenters. The third-order valence-corrected chi connectivity index (χ3v) is 3.47. The second-order valence-electron chi connectivity index (χ2n) is 5.96. The van der Waals surface area contributed by atoms with Crippen LogP contribution in [0.2, 0.25) is 0 Å². The Bertz CT molecular complexity index is 482. The predicted molar refractivity (Wildman–Crippen MR) is 82.4 cm³/mol. The number of anilines is 1. The number of ether oxygens (including phenoxy) is 2. The third-order valence-electron chi connectivity index (χ3n) is 3.47. The Balaban J connectivity index is 1.96. The molecule has 1 aromatic carbocycles. The monoisotopic (exact) mass is 292 g/mol. The lowest BCUT2D eigenvalue weighted by Gasteiger charge is -2.24. The van der Waals surface area contributed by atoms with Crippen molar-refractivity contribution in [3.63, 3.8) is 0 Å². The number of para-hydroxylation sites is 1. The Morgan fingerprint density at radius 1 is 1.43 bits per heavy atom. The highest BCUT2D eigenvalue weighted by atomic mass is 16.5. The summed E-state index contributed by atoms with van der Waals surface area (Å²) in [6.45, 7) is 7.70. The van der Waals surface area contributed by atoms with E-state index in [-0.39, 0.29) is 17.7 Å². The summed E-state index contributed by atoms with van der Waals surface area (Å²) in [7, 11) is 0. The van der Waals surface area contributed by atoms with Crippen molar-refractivity contribution in [1.29, 1.82) is 0 Å². The zero-order valence-corrected chi connectivity index (χ0v) is 12.9. The van der Waals surface area contributed by atoms with Crippen molar-refractivity contribution in [2.45, 2.75) is 45.4 Å². The van der Waals surface area contributed by atoms with E-state index in [0.717, 1.165) is 17.7 Å². The van der Waals surface area contributed by atoms with Crippen molar-refractivity contribution < 1.29 is 14.3 Å². The lowest BCUT2D eigenvalue weighted by Crippen LogP contribution is -2.48. The van der Waals surface area contributed by atoms with Crippen molar-refractivity contribution in [3.8, 4) is 0 Å². The summed E-state index contributed by atoms with van der Waals surface area (Å²) in [5.41, 5.74) is 1.46. The van der Waals surface area contributed by atoms with Crippen LogP contribution in [-0.4, -0.2) is 30.9 Å². The molecule has 5 heteroatoms. The number of amides is 2. The van der Waals surface area contributed by atoms with Gasteiger partial charge in [0, 0.05) is 17.9 Å². The van der Waals surface area contributed by atoms with Gasteiger partial charge in [0.15, 0.2) is 0 Å². The fraction of sp³-hybridized carbons (Fsp3) is 0.562. The fourth-order valence-corrected chi connectivity index (χ4v) is 2.22. The lowest BCUT2D eigenvalue weighted by molar-refractivity contribution is 0.0660. The molecule has 21 heavy (non-hydrogen) atoms. The molecule has 1 heterocycles. The van der Waals surface area contributed by atoms with Gasteiger partial charge in [-0.3, -0.25) is 0 Å². The SMILES string of the molecule is CC(C)OCc1ccccc1NC(=O)NC1(C)CCOC1. The van der Waals surface area contributed by atoms with E-state index in [1.165, 1.54) is 0 Å². The number of carbonyl (C=O) groups excluding carboxylic acids is 1. The van der Waals surface area contributed by atoms with Crippen molar-refractivity contribution >= 4 is 11.7 Å². The Morgan fingerprint density at radius 2 is 2.19 bits per heavy atom. The van der Waals surface area contributed by atoms with Crippen molar-refractivity contribution in [3.05, 3.63) is 29.8 Å². The summed E-state index contributed by atoms with van der Waals surface area (Å²) < 4.78 is 10.9. The summed E-state index contributed by atoms with van der Waals surface area (Å²) in [6, 6.07) is 7.47. The van der Waals surface area contributed by atoms with E-state index in [1.807, 2.05) is 45.0 Å². The van der Waals surface area contributed by atoms with E-state index in [4.69, 9.17) is 9.47 Å². The molecule has 0 aliphatic carbocycles. The Hall–Kier alpha value is -1.59. The first kappa shape index (κ1) is 15.8. The summed E-state index contributed by atoms with van der Waals surface area (Å²) in [5, 5.41) is 5.88. The van der Waals surface area contributed by atoms with Crippen molar-refractivity contribution in [2.75, 3.05) is 18.5 Å². The molecule has 116 valence electrons. The molecule has 1 fully saturated rings. The maximum atomic E-state index is 12.1. The van der Waals surface area contributed by atoms with Gasteiger partial charge < -0.3 is 20.1 Å². The molecular weight excluding hydrogens is 268 g/mol. The Kier molecular flexibility index (Phi) is 5.20. The maximum Gasteiger partial charge on any atom is 0.319 e. The van der Waals surface area contributed by atoms with Gasteiger partial charge in [-0.25, -0.2) is 4.79 Å². The summed E-state index contributed by atoms with van der Waals surface area (Å²) in [6.07, 6.45) is 0.986. The molecule has 1 aromatic rings. The minimum atomic E-state index is -0.284. The number of hydrogen-bond acceptors (Lipinski definition) is 3. The molecule has 0 bridgehead atoms. The van der Waals surface area contributed by atoms with Crippen LogP contribution in [0.15, 0.2) is 24.3 Å². The molecule has 0 spiro atoms. The molecule has 5 nitrogen and oxygen atoms in total. The van der Waals surface area contributed by atoms with Gasteiger partial charge in [-0.05, 0) is 33.3 Å². The number of nitrogens with one attached hydrogen (secondary N) is 2. The average molecular weight is 292 g/mol. The predicted octanol–water partition coefficient (Wildman–Crippen LogP) is 2.91. The highest BCUT2D eigenvalue weighted by Gasteiger charge is 2.31. The summed E-state index contributed by atoms with van der Waals surface area (Å²) in [5.74, 6) is 0. The maximum absolute atomic E-state index is 12.1. The summed E-state index contributed by atoms with van der Waals surface area (Å²) >= 11 is 0. The van der Waals surface area contributed by atoms with Crippen LogP contribution < -0.4 is 10.6 Å². The van der Waals surface area contributed by atoms with Crippen LogP contribution in [0.25, 0.3) is 0 Å². The van der Waals surface area contributed by atoms with Gasteiger partial charge in [0.1, 0.15) is 0 Å². The lowest BCUT2D eigenvalue weighted by atomic mass is 10.0. The molecule has 1 aliphatic heterocycles. The zero-order chi connectivity index (χ0) is 15.3. The molecule has 0 saturated carbocycles. The average Bonchev–Trinajstić information content (AvgIpc) is 2.83. The number of benzene rings is 1. The van der Waals surface area contributed by atoms with E-state index < -0.39 is 0 Å². The molecular formula is C16H24N2O3.